The summed E-state index contributed by atoms with van der Waals surface area (Å²) in [5, 5.41) is 12.5. The Labute approximate surface area is 115 Å². The fourth-order valence-corrected chi connectivity index (χ4v) is 1.87. The molecule has 0 aromatic heterocycles. The fourth-order valence-electron chi connectivity index (χ4n) is 1.87. The van der Waals surface area contributed by atoms with Gasteiger partial charge in [-0.05, 0) is 31.4 Å². The summed E-state index contributed by atoms with van der Waals surface area (Å²) in [6.07, 6.45) is 1.19. The van der Waals surface area contributed by atoms with Crippen LogP contribution in [0.1, 0.15) is 32.3 Å². The van der Waals surface area contributed by atoms with Crippen molar-refractivity contribution in [1.29, 1.82) is 0 Å². The van der Waals surface area contributed by atoms with Gasteiger partial charge in [-0.2, -0.15) is 0 Å². The van der Waals surface area contributed by atoms with Crippen LogP contribution in [0.3, 0.4) is 0 Å². The van der Waals surface area contributed by atoms with Crippen LogP contribution in [0.5, 0.6) is 0 Å². The van der Waals surface area contributed by atoms with E-state index in [-0.39, 0.29) is 12.5 Å². The number of aliphatic hydroxyl groups is 1. The Morgan fingerprint density at radius 1 is 1.42 bits per heavy atom. The van der Waals surface area contributed by atoms with Gasteiger partial charge < -0.3 is 16.2 Å². The Morgan fingerprint density at radius 2 is 2.05 bits per heavy atom. The summed E-state index contributed by atoms with van der Waals surface area (Å²) in [5.74, 6) is 0.281. The number of carbonyl (C=O) groups excluding carboxylic acids is 1. The van der Waals surface area contributed by atoms with Crippen LogP contribution < -0.4 is 11.1 Å². The van der Waals surface area contributed by atoms with E-state index in [1.165, 1.54) is 0 Å². The van der Waals surface area contributed by atoms with Gasteiger partial charge in [0.2, 0.25) is 5.91 Å². The first-order valence-electron chi connectivity index (χ1n) is 6.69. The van der Waals surface area contributed by atoms with Crippen molar-refractivity contribution < 1.29 is 9.90 Å². The maximum Gasteiger partial charge on any atom is 0.220 e. The third kappa shape index (κ3) is 4.65. The molecule has 1 rings (SSSR count). The van der Waals surface area contributed by atoms with Gasteiger partial charge in [0, 0.05) is 6.42 Å². The van der Waals surface area contributed by atoms with Gasteiger partial charge >= 0.3 is 0 Å². The molecule has 2 atom stereocenters. The van der Waals surface area contributed by atoms with Crippen LogP contribution in [-0.4, -0.2) is 24.2 Å². The van der Waals surface area contributed by atoms with Crippen LogP contribution in [0.15, 0.2) is 30.3 Å². The third-order valence-electron chi connectivity index (χ3n) is 3.41. The molecule has 1 amide bonds. The highest BCUT2D eigenvalue weighted by Gasteiger charge is 2.27. The largest absolute Gasteiger partial charge is 0.394 e. The molecule has 4 heteroatoms. The normalized spacial score (nSPS) is 15.6. The molecule has 0 aliphatic carbocycles. The van der Waals surface area contributed by atoms with Crippen LogP contribution >= 0.6 is 0 Å². The van der Waals surface area contributed by atoms with Crippen molar-refractivity contribution in [3.05, 3.63) is 35.9 Å². The van der Waals surface area contributed by atoms with Crippen molar-refractivity contribution in [2.24, 2.45) is 11.7 Å². The quantitative estimate of drug-likeness (QED) is 0.696. The summed E-state index contributed by atoms with van der Waals surface area (Å²) >= 11 is 0. The average Bonchev–Trinajstić information content (AvgIpc) is 2.45. The zero-order chi connectivity index (χ0) is 14.3. The van der Waals surface area contributed by atoms with Crippen molar-refractivity contribution in [3.63, 3.8) is 0 Å². The van der Waals surface area contributed by atoms with Crippen LogP contribution in [-0.2, 0) is 10.3 Å². The second kappa shape index (κ2) is 7.26. The van der Waals surface area contributed by atoms with Crippen molar-refractivity contribution in [2.75, 3.05) is 13.2 Å². The first kappa shape index (κ1) is 15.7. The molecular formula is C15H24N2O2. The average molecular weight is 264 g/mol. The van der Waals surface area contributed by atoms with Gasteiger partial charge in [0.05, 0.1) is 12.1 Å². The number of nitrogens with one attached hydrogen (secondary N) is 1. The van der Waals surface area contributed by atoms with Gasteiger partial charge in [-0.1, -0.05) is 37.3 Å². The summed E-state index contributed by atoms with van der Waals surface area (Å²) in [7, 11) is 0. The third-order valence-corrected chi connectivity index (χ3v) is 3.41. The predicted molar refractivity (Wildman–Crippen MR) is 76.5 cm³/mol. The molecule has 0 spiro atoms. The zero-order valence-electron chi connectivity index (χ0n) is 11.7. The summed E-state index contributed by atoms with van der Waals surface area (Å²) < 4.78 is 0. The molecule has 4 N–H and O–H groups in total. The Bertz CT molecular complexity index is 394. The van der Waals surface area contributed by atoms with Gasteiger partial charge in [-0.15, -0.1) is 0 Å². The lowest BCUT2D eigenvalue weighted by Gasteiger charge is -2.29. The standard InChI is InChI=1S/C15H24N2O2/c1-12(10-16)8-9-14(19)17-15(2,11-18)13-6-4-3-5-7-13/h3-7,12,18H,8-11,16H2,1-2H3,(H,17,19). The number of hydrogen-bond donors (Lipinski definition) is 3. The number of rotatable bonds is 7. The molecule has 0 saturated carbocycles. The van der Waals surface area contributed by atoms with Crippen molar-refractivity contribution in [1.82, 2.24) is 5.32 Å². The van der Waals surface area contributed by atoms with Gasteiger partial charge in [-0.3, -0.25) is 4.79 Å². The highest BCUT2D eigenvalue weighted by molar-refractivity contribution is 5.77. The van der Waals surface area contributed by atoms with Crippen molar-refractivity contribution >= 4 is 5.91 Å². The Hall–Kier alpha value is -1.39. The van der Waals surface area contributed by atoms with Gasteiger partial charge in [0.15, 0.2) is 0 Å². The van der Waals surface area contributed by atoms with Crippen LogP contribution in [0, 0.1) is 5.92 Å². The van der Waals surface area contributed by atoms with E-state index in [1.807, 2.05) is 44.2 Å². The Balaban J connectivity index is 2.63. The Kier molecular flexibility index (Phi) is 5.99. The van der Waals surface area contributed by atoms with Gasteiger partial charge in [-0.25, -0.2) is 0 Å². The Morgan fingerprint density at radius 3 is 2.58 bits per heavy atom. The number of benzene rings is 1. The van der Waals surface area contributed by atoms with E-state index in [9.17, 15) is 9.90 Å². The minimum Gasteiger partial charge on any atom is -0.394 e. The van der Waals surface area contributed by atoms with E-state index in [0.29, 0.717) is 18.9 Å². The van der Waals surface area contributed by atoms with E-state index in [0.717, 1.165) is 12.0 Å². The number of carbonyl (C=O) groups is 1. The van der Waals surface area contributed by atoms with Crippen molar-refractivity contribution in [3.8, 4) is 0 Å². The van der Waals surface area contributed by atoms with Gasteiger partial charge in [0.25, 0.3) is 0 Å². The van der Waals surface area contributed by atoms with Gasteiger partial charge in [0.1, 0.15) is 0 Å². The molecule has 106 valence electrons. The second-order valence-corrected chi connectivity index (χ2v) is 5.28. The minimum atomic E-state index is -0.732. The number of nitrogens with two attached hydrogens (primary N) is 1. The van der Waals surface area contributed by atoms with E-state index in [2.05, 4.69) is 5.32 Å². The fraction of sp³-hybridized carbons (Fsp3) is 0.533. The molecule has 0 aliphatic rings. The molecule has 19 heavy (non-hydrogen) atoms. The molecule has 0 bridgehead atoms. The maximum absolute atomic E-state index is 11.9. The first-order chi connectivity index (χ1) is 9.01. The van der Waals surface area contributed by atoms with E-state index >= 15 is 0 Å². The monoisotopic (exact) mass is 264 g/mol. The molecule has 2 unspecified atom stereocenters. The number of aliphatic hydroxyl groups excluding tert-OH is 1. The first-order valence-corrected chi connectivity index (χ1v) is 6.69. The van der Waals surface area contributed by atoms with Crippen LogP contribution in [0.4, 0.5) is 0 Å². The molecule has 0 aliphatic heterocycles. The molecule has 1 aromatic rings. The van der Waals surface area contributed by atoms with E-state index < -0.39 is 5.54 Å². The number of amides is 1. The lowest BCUT2D eigenvalue weighted by atomic mass is 9.92. The van der Waals surface area contributed by atoms with Crippen LogP contribution in [0.25, 0.3) is 0 Å². The lowest BCUT2D eigenvalue weighted by molar-refractivity contribution is -0.123. The lowest BCUT2D eigenvalue weighted by Crippen LogP contribution is -2.46. The minimum absolute atomic E-state index is 0.0549. The highest BCUT2D eigenvalue weighted by atomic mass is 16.3. The van der Waals surface area contributed by atoms with E-state index in [4.69, 9.17) is 5.73 Å². The molecule has 0 radical (unpaired) electrons. The van der Waals surface area contributed by atoms with Crippen LogP contribution in [0.2, 0.25) is 0 Å². The smallest absolute Gasteiger partial charge is 0.220 e. The van der Waals surface area contributed by atoms with E-state index in [1.54, 1.807) is 0 Å². The SMILES string of the molecule is CC(CN)CCC(=O)NC(C)(CO)c1ccccc1. The molecule has 4 nitrogen and oxygen atoms in total. The van der Waals surface area contributed by atoms with Crippen molar-refractivity contribution in [2.45, 2.75) is 32.2 Å². The topological polar surface area (TPSA) is 75.4 Å². The predicted octanol–water partition coefficient (Wildman–Crippen LogP) is 1.39. The summed E-state index contributed by atoms with van der Waals surface area (Å²) in [6, 6.07) is 9.50. The highest BCUT2D eigenvalue weighted by Crippen LogP contribution is 2.20. The maximum atomic E-state index is 11.9. The zero-order valence-corrected chi connectivity index (χ0v) is 11.7. The summed E-state index contributed by atoms with van der Waals surface area (Å²) in [5.41, 5.74) is 5.70. The number of hydrogen-bond acceptors (Lipinski definition) is 3. The summed E-state index contributed by atoms with van der Waals surface area (Å²) in [6.45, 7) is 4.31. The molecular weight excluding hydrogens is 240 g/mol. The molecule has 0 heterocycles. The second-order valence-electron chi connectivity index (χ2n) is 5.28. The summed E-state index contributed by atoms with van der Waals surface area (Å²) in [4.78, 5) is 11.9. The molecule has 1 aromatic carbocycles. The molecule has 0 fully saturated rings. The molecule has 0 saturated heterocycles.